The number of nitrogens with zero attached hydrogens (tertiary/aromatic N) is 2. The molecule has 4 nitrogen and oxygen atoms in total. The van der Waals surface area contributed by atoms with Gasteiger partial charge in [0.15, 0.2) is 0 Å². The number of hydrogen-bond donors (Lipinski definition) is 0. The summed E-state index contributed by atoms with van der Waals surface area (Å²) < 4.78 is 4.94. The molecule has 0 amide bonds. The number of aromatic nitrogens is 2. The molecule has 0 N–H and O–H groups in total. The highest BCUT2D eigenvalue weighted by Crippen LogP contribution is 2.35. The van der Waals surface area contributed by atoms with Crippen LogP contribution in [-0.4, -0.2) is 22.9 Å². The molecule has 1 fully saturated rings. The van der Waals surface area contributed by atoms with Crippen molar-refractivity contribution in [3.05, 3.63) is 18.0 Å². The fraction of sp³-hybridized carbons (Fsp3) is 0.615. The second-order valence-electron chi connectivity index (χ2n) is 4.66. The fourth-order valence-electron chi connectivity index (χ4n) is 2.48. The van der Waals surface area contributed by atoms with Crippen molar-refractivity contribution in [1.82, 2.24) is 9.97 Å². The van der Waals surface area contributed by atoms with Crippen molar-refractivity contribution in [2.24, 2.45) is 5.92 Å². The van der Waals surface area contributed by atoms with E-state index >= 15 is 0 Å². The van der Waals surface area contributed by atoms with E-state index in [-0.39, 0.29) is 5.92 Å². The number of ketones is 1. The summed E-state index contributed by atoms with van der Waals surface area (Å²) in [5.74, 6) is 1.09. The van der Waals surface area contributed by atoms with Gasteiger partial charge in [-0.3, -0.25) is 4.79 Å². The van der Waals surface area contributed by atoms with Crippen LogP contribution in [0.4, 0.5) is 0 Å². The molecule has 0 spiro atoms. The summed E-state index contributed by atoms with van der Waals surface area (Å²) >= 11 is 0. The molecule has 0 aromatic carbocycles. The van der Waals surface area contributed by atoms with Gasteiger partial charge in [-0.05, 0) is 44.1 Å². The summed E-state index contributed by atoms with van der Waals surface area (Å²) in [6.07, 6.45) is 7.77. The van der Waals surface area contributed by atoms with Crippen LogP contribution in [0.5, 0.6) is 6.01 Å². The van der Waals surface area contributed by atoms with E-state index in [1.165, 1.54) is 0 Å². The second-order valence-corrected chi connectivity index (χ2v) is 4.66. The summed E-state index contributed by atoms with van der Waals surface area (Å²) in [5.41, 5.74) is 1.16. The van der Waals surface area contributed by atoms with E-state index in [2.05, 4.69) is 9.97 Å². The third-order valence-electron chi connectivity index (χ3n) is 3.60. The third-order valence-corrected chi connectivity index (χ3v) is 3.60. The summed E-state index contributed by atoms with van der Waals surface area (Å²) in [6, 6.07) is 0.408. The Balaban J connectivity index is 1.97. The summed E-state index contributed by atoms with van der Waals surface area (Å²) in [4.78, 5) is 19.5. The molecule has 0 bridgehead atoms. The Labute approximate surface area is 101 Å². The maximum Gasteiger partial charge on any atom is 0.316 e. The number of carbonyl (C=O) groups is 1. The molecule has 4 heteroatoms. The van der Waals surface area contributed by atoms with Crippen molar-refractivity contribution in [3.8, 4) is 6.01 Å². The Bertz CT molecular complexity index is 381. The molecule has 0 unspecified atom stereocenters. The SMILES string of the molecule is COc1ncc(C2CCC(C(C)=O)CC2)cn1. The van der Waals surface area contributed by atoms with E-state index in [0.29, 0.717) is 17.7 Å². The van der Waals surface area contributed by atoms with Crippen molar-refractivity contribution in [1.29, 1.82) is 0 Å². The van der Waals surface area contributed by atoms with Gasteiger partial charge in [0.2, 0.25) is 0 Å². The van der Waals surface area contributed by atoms with Gasteiger partial charge in [-0.2, -0.15) is 0 Å². The Kier molecular flexibility index (Phi) is 3.71. The molecule has 0 radical (unpaired) electrons. The lowest BCUT2D eigenvalue weighted by molar-refractivity contribution is -0.121. The summed E-state index contributed by atoms with van der Waals surface area (Å²) in [5, 5.41) is 0. The van der Waals surface area contributed by atoms with Crippen molar-refractivity contribution >= 4 is 5.78 Å². The lowest BCUT2D eigenvalue weighted by Gasteiger charge is -2.26. The first kappa shape index (κ1) is 12.0. The van der Waals surface area contributed by atoms with Gasteiger partial charge in [-0.15, -0.1) is 0 Å². The highest BCUT2D eigenvalue weighted by molar-refractivity contribution is 5.78. The van der Waals surface area contributed by atoms with Crippen molar-refractivity contribution in [3.63, 3.8) is 0 Å². The monoisotopic (exact) mass is 234 g/mol. The van der Waals surface area contributed by atoms with Gasteiger partial charge in [0.25, 0.3) is 0 Å². The van der Waals surface area contributed by atoms with Gasteiger partial charge in [0, 0.05) is 18.3 Å². The minimum atomic E-state index is 0.269. The molecule has 1 heterocycles. The van der Waals surface area contributed by atoms with Crippen LogP contribution in [0.1, 0.15) is 44.1 Å². The fourth-order valence-corrected chi connectivity index (χ4v) is 2.48. The van der Waals surface area contributed by atoms with Gasteiger partial charge in [0.05, 0.1) is 7.11 Å². The average Bonchev–Trinajstić information content (AvgIpc) is 2.39. The first-order valence-electron chi connectivity index (χ1n) is 6.07. The molecule has 1 aliphatic rings. The zero-order valence-corrected chi connectivity index (χ0v) is 10.3. The van der Waals surface area contributed by atoms with Crippen molar-refractivity contribution in [2.75, 3.05) is 7.11 Å². The predicted molar refractivity (Wildman–Crippen MR) is 64.0 cm³/mol. The van der Waals surface area contributed by atoms with Gasteiger partial charge in [0.1, 0.15) is 5.78 Å². The van der Waals surface area contributed by atoms with Crippen LogP contribution < -0.4 is 4.74 Å². The minimum absolute atomic E-state index is 0.269. The Morgan fingerprint density at radius 2 is 1.82 bits per heavy atom. The van der Waals surface area contributed by atoms with Gasteiger partial charge < -0.3 is 4.74 Å². The summed E-state index contributed by atoms with van der Waals surface area (Å²) in [7, 11) is 1.56. The number of rotatable bonds is 3. The molecule has 1 aromatic heterocycles. The van der Waals surface area contributed by atoms with Crippen LogP contribution in [-0.2, 0) is 4.79 Å². The van der Waals surface area contributed by atoms with E-state index < -0.39 is 0 Å². The minimum Gasteiger partial charge on any atom is -0.467 e. The van der Waals surface area contributed by atoms with Crippen LogP contribution in [0.2, 0.25) is 0 Å². The van der Waals surface area contributed by atoms with E-state index in [4.69, 9.17) is 4.74 Å². The molecule has 92 valence electrons. The molecule has 1 aromatic rings. The van der Waals surface area contributed by atoms with E-state index in [9.17, 15) is 4.79 Å². The number of carbonyl (C=O) groups excluding carboxylic acids is 1. The molecule has 0 atom stereocenters. The highest BCUT2D eigenvalue weighted by Gasteiger charge is 2.25. The average molecular weight is 234 g/mol. The Morgan fingerprint density at radius 3 is 2.29 bits per heavy atom. The zero-order valence-electron chi connectivity index (χ0n) is 10.3. The molecule has 17 heavy (non-hydrogen) atoms. The maximum absolute atomic E-state index is 11.3. The molecule has 2 rings (SSSR count). The first-order valence-corrected chi connectivity index (χ1v) is 6.07. The normalized spacial score (nSPS) is 24.4. The number of ether oxygens (including phenoxy) is 1. The van der Waals surface area contributed by atoms with E-state index in [1.54, 1.807) is 14.0 Å². The molecule has 0 aliphatic heterocycles. The largest absolute Gasteiger partial charge is 0.467 e. The van der Waals surface area contributed by atoms with E-state index in [0.717, 1.165) is 31.2 Å². The standard InChI is InChI=1S/C13H18N2O2/c1-9(16)10-3-5-11(6-4-10)12-7-14-13(17-2)15-8-12/h7-8,10-11H,3-6H2,1-2H3. The number of hydrogen-bond acceptors (Lipinski definition) is 4. The number of Topliss-reactive ketones (excluding diaryl/α,β-unsaturated/α-hetero) is 1. The topological polar surface area (TPSA) is 52.1 Å². The van der Waals surface area contributed by atoms with E-state index in [1.807, 2.05) is 12.4 Å². The zero-order chi connectivity index (χ0) is 12.3. The van der Waals surface area contributed by atoms with Crippen molar-refractivity contribution in [2.45, 2.75) is 38.5 Å². The van der Waals surface area contributed by atoms with Gasteiger partial charge in [-0.25, -0.2) is 9.97 Å². The number of methoxy groups -OCH3 is 1. The second kappa shape index (κ2) is 5.25. The molecule has 0 saturated heterocycles. The quantitative estimate of drug-likeness (QED) is 0.805. The smallest absolute Gasteiger partial charge is 0.316 e. The van der Waals surface area contributed by atoms with Crippen molar-refractivity contribution < 1.29 is 9.53 Å². The Hall–Kier alpha value is -1.45. The van der Waals surface area contributed by atoms with Crippen LogP contribution in [0, 0.1) is 5.92 Å². The first-order chi connectivity index (χ1) is 8.20. The molecule has 1 aliphatic carbocycles. The Morgan fingerprint density at radius 1 is 1.24 bits per heavy atom. The molecular weight excluding hydrogens is 216 g/mol. The lowest BCUT2D eigenvalue weighted by atomic mass is 9.78. The third kappa shape index (κ3) is 2.81. The van der Waals surface area contributed by atoms with Crippen LogP contribution >= 0.6 is 0 Å². The van der Waals surface area contributed by atoms with Gasteiger partial charge >= 0.3 is 6.01 Å². The molecular formula is C13H18N2O2. The van der Waals surface area contributed by atoms with Gasteiger partial charge in [-0.1, -0.05) is 0 Å². The molecule has 1 saturated carbocycles. The predicted octanol–water partition coefficient (Wildman–Crippen LogP) is 2.35. The highest BCUT2D eigenvalue weighted by atomic mass is 16.5. The van der Waals surface area contributed by atoms with Crippen LogP contribution in [0.3, 0.4) is 0 Å². The summed E-state index contributed by atoms with van der Waals surface area (Å²) in [6.45, 7) is 1.70. The lowest BCUT2D eigenvalue weighted by Crippen LogP contribution is -2.19. The van der Waals surface area contributed by atoms with Crippen LogP contribution in [0.25, 0.3) is 0 Å². The maximum atomic E-state index is 11.3. The van der Waals surface area contributed by atoms with Crippen LogP contribution in [0.15, 0.2) is 12.4 Å².